The van der Waals surface area contributed by atoms with Gasteiger partial charge in [0.2, 0.25) is 0 Å². The second-order valence-electron chi connectivity index (χ2n) is 3.11. The summed E-state index contributed by atoms with van der Waals surface area (Å²) in [6.07, 6.45) is 0. The van der Waals surface area contributed by atoms with Crippen LogP contribution in [0.5, 0.6) is 0 Å². The van der Waals surface area contributed by atoms with Crippen LogP contribution < -0.4 is 18.9 Å². The molecular weight excluding hydrogens is 151 g/mol. The Morgan fingerprint density at radius 2 is 1.23 bits per heavy atom. The monoisotopic (exact) mass is 165 g/mol. The van der Waals surface area contributed by atoms with Gasteiger partial charge in [-0.2, -0.15) is 0 Å². The molecule has 0 aliphatic rings. The zero-order chi connectivity index (χ0) is 9.14. The minimum atomic E-state index is 0. The van der Waals surface area contributed by atoms with Crippen LogP contribution in [0.4, 0.5) is 0 Å². The summed E-state index contributed by atoms with van der Waals surface area (Å²) < 4.78 is 0. The second kappa shape index (κ2) is 5.12. The molecule has 0 aromatic heterocycles. The standard InChI is InChI=1S/C12H14.Li/c1-9(2)11-7-5-6-8-12(11)10(3)4;/h5-8H,1,3H2,2,4H3;/q;+1. The number of hydrogen-bond donors (Lipinski definition) is 0. The molecule has 0 bridgehead atoms. The Balaban J connectivity index is 0.00000144. The van der Waals surface area contributed by atoms with E-state index in [1.165, 1.54) is 11.1 Å². The fourth-order valence-corrected chi connectivity index (χ4v) is 1.23. The summed E-state index contributed by atoms with van der Waals surface area (Å²) in [4.78, 5) is 0. The Labute approximate surface area is 92.5 Å². The van der Waals surface area contributed by atoms with E-state index in [4.69, 9.17) is 0 Å². The Hall–Kier alpha value is -0.703. The van der Waals surface area contributed by atoms with E-state index in [1.807, 2.05) is 26.0 Å². The molecule has 62 valence electrons. The van der Waals surface area contributed by atoms with Crippen molar-refractivity contribution in [2.24, 2.45) is 0 Å². The largest absolute Gasteiger partial charge is 1.00 e. The predicted octanol–water partition coefficient (Wildman–Crippen LogP) is 0.757. The predicted molar refractivity (Wildman–Crippen MR) is 55.9 cm³/mol. The van der Waals surface area contributed by atoms with Gasteiger partial charge in [0.1, 0.15) is 0 Å². The average molecular weight is 165 g/mol. The van der Waals surface area contributed by atoms with E-state index < -0.39 is 0 Å². The first-order chi connectivity index (χ1) is 5.63. The van der Waals surface area contributed by atoms with Crippen LogP contribution in [0.3, 0.4) is 0 Å². The molecule has 1 aromatic rings. The molecule has 0 saturated heterocycles. The zero-order valence-electron chi connectivity index (χ0n) is 8.72. The van der Waals surface area contributed by atoms with Gasteiger partial charge in [0.25, 0.3) is 0 Å². The van der Waals surface area contributed by atoms with Crippen molar-refractivity contribution in [1.29, 1.82) is 0 Å². The third kappa shape index (κ3) is 2.92. The van der Waals surface area contributed by atoms with Crippen LogP contribution in [0.2, 0.25) is 0 Å². The van der Waals surface area contributed by atoms with E-state index in [9.17, 15) is 0 Å². The van der Waals surface area contributed by atoms with E-state index in [2.05, 4.69) is 25.3 Å². The molecule has 0 heterocycles. The van der Waals surface area contributed by atoms with E-state index in [0.717, 1.165) is 11.1 Å². The van der Waals surface area contributed by atoms with Gasteiger partial charge < -0.3 is 0 Å². The van der Waals surface area contributed by atoms with Crippen molar-refractivity contribution in [3.8, 4) is 0 Å². The van der Waals surface area contributed by atoms with E-state index in [1.54, 1.807) is 0 Å². The first-order valence-corrected chi connectivity index (χ1v) is 4.03. The van der Waals surface area contributed by atoms with Gasteiger partial charge in [-0.1, -0.05) is 48.6 Å². The van der Waals surface area contributed by atoms with Crippen molar-refractivity contribution < 1.29 is 18.9 Å². The Kier molecular flexibility index (Phi) is 4.84. The molecule has 0 unspecified atom stereocenters. The zero-order valence-corrected chi connectivity index (χ0v) is 8.72. The maximum Gasteiger partial charge on any atom is 1.00 e. The topological polar surface area (TPSA) is 0 Å². The van der Waals surface area contributed by atoms with Crippen LogP contribution in [0.15, 0.2) is 37.4 Å². The van der Waals surface area contributed by atoms with Crippen molar-refractivity contribution in [2.75, 3.05) is 0 Å². The quantitative estimate of drug-likeness (QED) is 0.567. The summed E-state index contributed by atoms with van der Waals surface area (Å²) in [5.74, 6) is 0. The molecule has 0 saturated carbocycles. The summed E-state index contributed by atoms with van der Waals surface area (Å²) in [5.41, 5.74) is 4.58. The Bertz CT molecular complexity index is 291. The third-order valence-corrected chi connectivity index (χ3v) is 1.85. The molecule has 1 aromatic carbocycles. The molecule has 0 radical (unpaired) electrons. The summed E-state index contributed by atoms with van der Waals surface area (Å²) in [6.45, 7) is 11.9. The van der Waals surface area contributed by atoms with E-state index in [0.29, 0.717) is 0 Å². The van der Waals surface area contributed by atoms with Gasteiger partial charge in [-0.15, -0.1) is 0 Å². The summed E-state index contributed by atoms with van der Waals surface area (Å²) in [5, 5.41) is 0. The van der Waals surface area contributed by atoms with Gasteiger partial charge >= 0.3 is 18.9 Å². The summed E-state index contributed by atoms with van der Waals surface area (Å²) in [7, 11) is 0. The molecule has 13 heavy (non-hydrogen) atoms. The fraction of sp³-hybridized carbons (Fsp3) is 0.167. The smallest absolute Gasteiger partial charge is 0.0955 e. The minimum absolute atomic E-state index is 0. The number of benzene rings is 1. The van der Waals surface area contributed by atoms with Crippen LogP contribution in [0.1, 0.15) is 25.0 Å². The molecule has 0 spiro atoms. The number of allylic oxidation sites excluding steroid dienone is 2. The molecule has 1 heteroatoms. The van der Waals surface area contributed by atoms with Gasteiger partial charge in [-0.3, -0.25) is 0 Å². The summed E-state index contributed by atoms with van der Waals surface area (Å²) >= 11 is 0. The SMILES string of the molecule is C=C(C)c1ccccc1C(=C)C.[Li+]. The van der Waals surface area contributed by atoms with E-state index >= 15 is 0 Å². The molecule has 0 aliphatic carbocycles. The molecule has 0 amide bonds. The molecule has 0 atom stereocenters. The minimum Gasteiger partial charge on any atom is -0.0955 e. The number of hydrogen-bond acceptors (Lipinski definition) is 0. The molecular formula is C12H14Li+. The van der Waals surface area contributed by atoms with Crippen molar-refractivity contribution in [2.45, 2.75) is 13.8 Å². The summed E-state index contributed by atoms with van der Waals surface area (Å²) in [6, 6.07) is 8.20. The first kappa shape index (κ1) is 12.3. The fourth-order valence-electron chi connectivity index (χ4n) is 1.23. The molecule has 0 aliphatic heterocycles. The molecule has 0 nitrogen and oxygen atoms in total. The maximum atomic E-state index is 3.93. The van der Waals surface area contributed by atoms with Gasteiger partial charge in [0, 0.05) is 0 Å². The van der Waals surface area contributed by atoms with Gasteiger partial charge in [-0.25, -0.2) is 0 Å². The molecule has 0 N–H and O–H groups in total. The van der Waals surface area contributed by atoms with Crippen LogP contribution in [-0.4, -0.2) is 0 Å². The van der Waals surface area contributed by atoms with Crippen molar-refractivity contribution in [1.82, 2.24) is 0 Å². The van der Waals surface area contributed by atoms with Crippen molar-refractivity contribution in [3.05, 3.63) is 48.6 Å². The molecule has 0 fully saturated rings. The van der Waals surface area contributed by atoms with Crippen LogP contribution in [-0.2, 0) is 0 Å². The maximum absolute atomic E-state index is 3.93. The Morgan fingerprint density at radius 3 is 1.46 bits per heavy atom. The Morgan fingerprint density at radius 1 is 0.923 bits per heavy atom. The van der Waals surface area contributed by atoms with E-state index in [-0.39, 0.29) is 18.9 Å². The van der Waals surface area contributed by atoms with Crippen LogP contribution in [0.25, 0.3) is 11.1 Å². The van der Waals surface area contributed by atoms with Crippen molar-refractivity contribution in [3.63, 3.8) is 0 Å². The van der Waals surface area contributed by atoms with Crippen LogP contribution in [0, 0.1) is 0 Å². The van der Waals surface area contributed by atoms with Gasteiger partial charge in [0.05, 0.1) is 0 Å². The van der Waals surface area contributed by atoms with Gasteiger partial charge in [-0.05, 0) is 25.0 Å². The second-order valence-corrected chi connectivity index (χ2v) is 3.11. The first-order valence-electron chi connectivity index (χ1n) is 4.03. The third-order valence-electron chi connectivity index (χ3n) is 1.85. The van der Waals surface area contributed by atoms with Crippen molar-refractivity contribution >= 4 is 11.1 Å². The van der Waals surface area contributed by atoms with Gasteiger partial charge in [0.15, 0.2) is 0 Å². The molecule has 1 rings (SSSR count). The van der Waals surface area contributed by atoms with Crippen LogP contribution >= 0.6 is 0 Å². The normalized spacial score (nSPS) is 8.77. The average Bonchev–Trinajstić information content (AvgIpc) is 2.04. The number of rotatable bonds is 2.